The monoisotopic (exact) mass is 285 g/mol. The maximum Gasteiger partial charge on any atom is 0.334 e. The van der Waals surface area contributed by atoms with E-state index in [0.29, 0.717) is 0 Å². The summed E-state index contributed by atoms with van der Waals surface area (Å²) >= 11 is 0. The summed E-state index contributed by atoms with van der Waals surface area (Å²) in [5.74, 6) is -0.111. The third-order valence-electron chi connectivity index (χ3n) is 4.55. The summed E-state index contributed by atoms with van der Waals surface area (Å²) in [7, 11) is 0. The fraction of sp³-hybridized carbons (Fsp3) is 0.500. The number of allylic oxidation sites excluding steroid dienone is 1. The molecule has 1 aliphatic heterocycles. The first kappa shape index (κ1) is 14.3. The van der Waals surface area contributed by atoms with E-state index < -0.39 is 5.60 Å². The Labute approximate surface area is 126 Å². The highest BCUT2D eigenvalue weighted by molar-refractivity contribution is 5.89. The molecule has 0 amide bonds. The van der Waals surface area contributed by atoms with E-state index in [1.54, 1.807) is 0 Å². The minimum atomic E-state index is -0.456. The molecule has 0 aromatic heterocycles. The first-order valence-corrected chi connectivity index (χ1v) is 7.99. The molecule has 3 heteroatoms. The molecule has 2 aliphatic rings. The molecule has 3 rings (SSSR count). The Hall–Kier alpha value is -1.61. The summed E-state index contributed by atoms with van der Waals surface area (Å²) in [6, 6.07) is 10.2. The highest BCUT2D eigenvalue weighted by Crippen LogP contribution is 2.36. The van der Waals surface area contributed by atoms with Crippen molar-refractivity contribution in [2.24, 2.45) is 0 Å². The van der Waals surface area contributed by atoms with Gasteiger partial charge in [-0.25, -0.2) is 4.79 Å². The molecule has 0 atom stereocenters. The molecule has 0 unspecified atom stereocenters. The molecular weight excluding hydrogens is 262 g/mol. The van der Waals surface area contributed by atoms with Crippen molar-refractivity contribution < 1.29 is 9.53 Å². The van der Waals surface area contributed by atoms with Crippen LogP contribution in [0.5, 0.6) is 0 Å². The normalized spacial score (nSPS) is 21.4. The van der Waals surface area contributed by atoms with Crippen LogP contribution in [0.2, 0.25) is 0 Å². The highest BCUT2D eigenvalue weighted by atomic mass is 16.6. The number of piperidine rings is 1. The molecule has 1 fully saturated rings. The molecule has 21 heavy (non-hydrogen) atoms. The Morgan fingerprint density at radius 2 is 1.86 bits per heavy atom. The van der Waals surface area contributed by atoms with Crippen LogP contribution in [0.25, 0.3) is 0 Å². The Morgan fingerprint density at radius 3 is 2.52 bits per heavy atom. The van der Waals surface area contributed by atoms with Gasteiger partial charge in [-0.2, -0.15) is 0 Å². The molecule has 0 bridgehead atoms. The fourth-order valence-corrected chi connectivity index (χ4v) is 3.29. The van der Waals surface area contributed by atoms with Crippen LogP contribution in [0.3, 0.4) is 0 Å². The fourth-order valence-electron chi connectivity index (χ4n) is 3.29. The van der Waals surface area contributed by atoms with Crippen molar-refractivity contribution in [3.63, 3.8) is 0 Å². The van der Waals surface area contributed by atoms with Crippen LogP contribution in [-0.4, -0.2) is 19.1 Å². The van der Waals surface area contributed by atoms with Gasteiger partial charge < -0.3 is 10.1 Å². The number of nitrogens with one attached hydrogen (secondary N) is 1. The lowest BCUT2D eigenvalue weighted by Crippen LogP contribution is -2.43. The number of carbonyl (C=O) groups excluding carboxylic acids is 1. The standard InChI is InChI=1S/C18H23NO2/c20-17(15-7-3-1-4-8-15)21-18(11-13-19-14-12-18)16-9-5-2-6-10-16/h2,5-7,9-10,19H,1,3-4,8,11-14H2. The molecule has 0 radical (unpaired) electrons. The van der Waals surface area contributed by atoms with Gasteiger partial charge in [0, 0.05) is 18.4 Å². The summed E-state index contributed by atoms with van der Waals surface area (Å²) in [5, 5.41) is 3.36. The van der Waals surface area contributed by atoms with Crippen LogP contribution in [-0.2, 0) is 15.1 Å². The Morgan fingerprint density at radius 1 is 1.10 bits per heavy atom. The third kappa shape index (κ3) is 3.18. The predicted molar refractivity (Wildman–Crippen MR) is 82.9 cm³/mol. The van der Waals surface area contributed by atoms with Crippen molar-refractivity contribution in [1.29, 1.82) is 0 Å². The summed E-state index contributed by atoms with van der Waals surface area (Å²) in [5.41, 5.74) is 1.54. The Kier molecular flexibility index (Phi) is 4.39. The van der Waals surface area contributed by atoms with Crippen LogP contribution >= 0.6 is 0 Å². The van der Waals surface area contributed by atoms with E-state index in [-0.39, 0.29) is 5.97 Å². The number of hydrogen-bond acceptors (Lipinski definition) is 3. The average molecular weight is 285 g/mol. The third-order valence-corrected chi connectivity index (χ3v) is 4.55. The zero-order valence-electron chi connectivity index (χ0n) is 12.4. The van der Waals surface area contributed by atoms with E-state index in [4.69, 9.17) is 4.74 Å². The maximum atomic E-state index is 12.5. The van der Waals surface area contributed by atoms with Crippen LogP contribution in [0.15, 0.2) is 42.0 Å². The van der Waals surface area contributed by atoms with Gasteiger partial charge in [0.25, 0.3) is 0 Å². The van der Waals surface area contributed by atoms with Gasteiger partial charge in [0.2, 0.25) is 0 Å². The maximum absolute atomic E-state index is 12.5. The number of ether oxygens (including phenoxy) is 1. The van der Waals surface area contributed by atoms with E-state index in [2.05, 4.69) is 23.5 Å². The summed E-state index contributed by atoms with van der Waals surface area (Å²) in [6.45, 7) is 1.78. The van der Waals surface area contributed by atoms with E-state index >= 15 is 0 Å². The van der Waals surface area contributed by atoms with E-state index in [1.165, 1.54) is 6.42 Å². The molecule has 1 aromatic carbocycles. The predicted octanol–water partition coefficient (Wildman–Crippen LogP) is 3.31. The van der Waals surface area contributed by atoms with Crippen molar-refractivity contribution in [2.75, 3.05) is 13.1 Å². The molecular formula is C18H23NO2. The first-order chi connectivity index (χ1) is 10.3. The second kappa shape index (κ2) is 6.44. The Bertz CT molecular complexity index is 515. The number of carbonyl (C=O) groups is 1. The van der Waals surface area contributed by atoms with Crippen LogP contribution in [0, 0.1) is 0 Å². The zero-order valence-corrected chi connectivity index (χ0v) is 12.4. The van der Waals surface area contributed by atoms with E-state index in [9.17, 15) is 4.79 Å². The highest BCUT2D eigenvalue weighted by Gasteiger charge is 2.38. The molecule has 1 aromatic rings. The van der Waals surface area contributed by atoms with Gasteiger partial charge in [0.15, 0.2) is 0 Å². The molecule has 0 saturated carbocycles. The van der Waals surface area contributed by atoms with E-state index in [0.717, 1.165) is 56.3 Å². The number of benzene rings is 1. The number of hydrogen-bond donors (Lipinski definition) is 1. The topological polar surface area (TPSA) is 38.3 Å². The molecule has 1 heterocycles. The van der Waals surface area contributed by atoms with Gasteiger partial charge >= 0.3 is 5.97 Å². The SMILES string of the molecule is O=C(OC1(c2ccccc2)CCNCC1)C1=CCCCC1. The quantitative estimate of drug-likeness (QED) is 0.866. The second-order valence-electron chi connectivity index (χ2n) is 5.97. The van der Waals surface area contributed by atoms with Gasteiger partial charge in [0.1, 0.15) is 5.60 Å². The van der Waals surface area contributed by atoms with Gasteiger partial charge in [-0.15, -0.1) is 0 Å². The van der Waals surface area contributed by atoms with Crippen molar-refractivity contribution in [3.8, 4) is 0 Å². The van der Waals surface area contributed by atoms with Gasteiger partial charge in [-0.3, -0.25) is 0 Å². The van der Waals surface area contributed by atoms with Gasteiger partial charge in [-0.05, 0) is 44.3 Å². The minimum Gasteiger partial charge on any atom is -0.451 e. The smallest absolute Gasteiger partial charge is 0.334 e. The lowest BCUT2D eigenvalue weighted by atomic mass is 9.84. The lowest BCUT2D eigenvalue weighted by molar-refractivity contribution is -0.159. The molecule has 112 valence electrons. The lowest BCUT2D eigenvalue weighted by Gasteiger charge is -2.38. The average Bonchev–Trinajstić information content (AvgIpc) is 2.57. The van der Waals surface area contributed by atoms with Crippen molar-refractivity contribution in [3.05, 3.63) is 47.5 Å². The molecule has 1 saturated heterocycles. The van der Waals surface area contributed by atoms with Crippen LogP contribution in [0.4, 0.5) is 0 Å². The number of esters is 1. The summed E-state index contributed by atoms with van der Waals surface area (Å²) in [6.07, 6.45) is 7.90. The van der Waals surface area contributed by atoms with Gasteiger partial charge in [0.05, 0.1) is 0 Å². The second-order valence-corrected chi connectivity index (χ2v) is 5.97. The first-order valence-electron chi connectivity index (χ1n) is 7.99. The van der Waals surface area contributed by atoms with Crippen molar-refractivity contribution in [1.82, 2.24) is 5.32 Å². The van der Waals surface area contributed by atoms with Crippen LogP contribution < -0.4 is 5.32 Å². The largest absolute Gasteiger partial charge is 0.451 e. The van der Waals surface area contributed by atoms with E-state index in [1.807, 2.05) is 18.2 Å². The summed E-state index contributed by atoms with van der Waals surface area (Å²) in [4.78, 5) is 12.5. The number of rotatable bonds is 3. The molecule has 1 aliphatic carbocycles. The molecule has 0 spiro atoms. The Balaban J connectivity index is 1.83. The zero-order chi connectivity index (χ0) is 14.5. The van der Waals surface area contributed by atoms with Crippen molar-refractivity contribution >= 4 is 5.97 Å². The van der Waals surface area contributed by atoms with Crippen molar-refractivity contribution in [2.45, 2.75) is 44.1 Å². The van der Waals surface area contributed by atoms with Gasteiger partial charge in [-0.1, -0.05) is 36.4 Å². The van der Waals surface area contributed by atoms with Crippen LogP contribution in [0.1, 0.15) is 44.1 Å². The molecule has 1 N–H and O–H groups in total. The summed E-state index contributed by atoms with van der Waals surface area (Å²) < 4.78 is 6.06. The minimum absolute atomic E-state index is 0.111. The molecule has 3 nitrogen and oxygen atoms in total.